The third-order valence-electron chi connectivity index (χ3n) is 5.40. The molecule has 3 amide bonds. The van der Waals surface area contributed by atoms with Crippen LogP contribution in [0.4, 0.5) is 14.9 Å². The standard InChI is InChI=1S/C24H20FN5O3/c25-18-5-3-17(4-6-18)15-29-13-14-30-21(16-33-24(30)27-23(29)32)22(31)26-19-7-9-20(10-8-19)28-11-1-2-12-28/h1-12,16H,13-15H2,(H,26,31). The highest BCUT2D eigenvalue weighted by molar-refractivity contribution is 6.08. The Bertz CT molecular complexity index is 1230. The highest BCUT2D eigenvalue weighted by Crippen LogP contribution is 2.22. The molecule has 0 saturated heterocycles. The number of carbonyl (C=O) groups excluding carboxylic acids is 2. The van der Waals surface area contributed by atoms with Gasteiger partial charge in [0.25, 0.3) is 5.91 Å². The number of aliphatic imine (C=N–C) groups is 1. The number of halogens is 1. The van der Waals surface area contributed by atoms with E-state index in [1.165, 1.54) is 23.3 Å². The summed E-state index contributed by atoms with van der Waals surface area (Å²) in [6.45, 7) is 0.934. The minimum atomic E-state index is -0.479. The van der Waals surface area contributed by atoms with Gasteiger partial charge in [-0.2, -0.15) is 0 Å². The van der Waals surface area contributed by atoms with E-state index in [-0.39, 0.29) is 30.0 Å². The van der Waals surface area contributed by atoms with Gasteiger partial charge >= 0.3 is 12.1 Å². The van der Waals surface area contributed by atoms with Crippen LogP contribution in [0.3, 0.4) is 0 Å². The average molecular weight is 445 g/mol. The van der Waals surface area contributed by atoms with E-state index in [1.807, 2.05) is 53.4 Å². The minimum absolute atomic E-state index is 0.0645. The summed E-state index contributed by atoms with van der Waals surface area (Å²) in [4.78, 5) is 32.6. The normalized spacial score (nSPS) is 15.4. The molecule has 5 rings (SSSR count). The molecular formula is C24H20FN5O3. The van der Waals surface area contributed by atoms with Crippen molar-refractivity contribution >= 4 is 23.6 Å². The van der Waals surface area contributed by atoms with E-state index in [4.69, 9.17) is 4.74 Å². The smallest absolute Gasteiger partial charge is 0.348 e. The maximum atomic E-state index is 13.2. The SMILES string of the molecule is O=C(Nc1ccc(-n2cccc2)cc1)C1=COC2=NC(=O)N(Cc3ccc(F)cc3)CCN12. The number of aromatic nitrogens is 1. The Labute approximate surface area is 189 Å². The van der Waals surface area contributed by atoms with Crippen LogP contribution in [-0.2, 0) is 16.1 Å². The fourth-order valence-electron chi connectivity index (χ4n) is 3.66. The van der Waals surface area contributed by atoms with Crippen LogP contribution in [0.1, 0.15) is 5.56 Å². The van der Waals surface area contributed by atoms with E-state index in [1.54, 1.807) is 17.0 Å². The van der Waals surface area contributed by atoms with Gasteiger partial charge in [0.15, 0.2) is 0 Å². The molecule has 0 aliphatic carbocycles. The van der Waals surface area contributed by atoms with Crippen molar-refractivity contribution in [3.8, 4) is 5.69 Å². The Kier molecular flexibility index (Phi) is 5.35. The molecule has 1 N–H and O–H groups in total. The van der Waals surface area contributed by atoms with Crippen LogP contribution in [0.5, 0.6) is 0 Å². The summed E-state index contributed by atoms with van der Waals surface area (Å²) in [6, 6.07) is 16.8. The zero-order valence-corrected chi connectivity index (χ0v) is 17.5. The fraction of sp³-hybridized carbons (Fsp3) is 0.125. The lowest BCUT2D eigenvalue weighted by Crippen LogP contribution is -2.36. The molecule has 2 aromatic carbocycles. The number of benzene rings is 2. The number of ether oxygens (including phenoxy) is 1. The number of amidine groups is 1. The summed E-state index contributed by atoms with van der Waals surface area (Å²) >= 11 is 0. The van der Waals surface area contributed by atoms with Crippen LogP contribution in [-0.4, -0.2) is 45.4 Å². The molecular weight excluding hydrogens is 425 g/mol. The number of nitrogens with zero attached hydrogens (tertiary/aromatic N) is 4. The molecule has 33 heavy (non-hydrogen) atoms. The Morgan fingerprint density at radius 3 is 2.48 bits per heavy atom. The predicted octanol–water partition coefficient (Wildman–Crippen LogP) is 3.72. The fourth-order valence-corrected chi connectivity index (χ4v) is 3.66. The Morgan fingerprint density at radius 1 is 1.03 bits per heavy atom. The molecule has 0 bridgehead atoms. The van der Waals surface area contributed by atoms with E-state index in [0.717, 1.165) is 11.3 Å². The first kappa shape index (κ1) is 20.5. The molecule has 1 aromatic heterocycles. The van der Waals surface area contributed by atoms with Gasteiger partial charge in [-0.1, -0.05) is 12.1 Å². The van der Waals surface area contributed by atoms with Gasteiger partial charge < -0.3 is 19.5 Å². The second kappa shape index (κ2) is 8.62. The zero-order chi connectivity index (χ0) is 22.8. The number of rotatable bonds is 5. The van der Waals surface area contributed by atoms with Crippen molar-refractivity contribution < 1.29 is 18.7 Å². The van der Waals surface area contributed by atoms with Gasteiger partial charge in [-0.15, -0.1) is 4.99 Å². The first-order valence-electron chi connectivity index (χ1n) is 10.4. The van der Waals surface area contributed by atoms with Gasteiger partial charge in [0.1, 0.15) is 17.8 Å². The predicted molar refractivity (Wildman–Crippen MR) is 120 cm³/mol. The van der Waals surface area contributed by atoms with Crippen molar-refractivity contribution in [1.29, 1.82) is 0 Å². The van der Waals surface area contributed by atoms with E-state index >= 15 is 0 Å². The van der Waals surface area contributed by atoms with Crippen molar-refractivity contribution in [3.05, 3.63) is 96.4 Å². The maximum Gasteiger partial charge on any atom is 0.348 e. The van der Waals surface area contributed by atoms with Crippen molar-refractivity contribution in [2.75, 3.05) is 18.4 Å². The van der Waals surface area contributed by atoms with Crippen molar-refractivity contribution in [1.82, 2.24) is 14.4 Å². The largest absolute Gasteiger partial charge is 0.431 e. The van der Waals surface area contributed by atoms with Crippen LogP contribution in [0.2, 0.25) is 0 Å². The molecule has 0 unspecified atom stereocenters. The summed E-state index contributed by atoms with van der Waals surface area (Å²) in [6.07, 6.45) is 5.18. The van der Waals surface area contributed by atoms with E-state index in [2.05, 4.69) is 10.3 Å². The number of carbonyl (C=O) groups is 2. The molecule has 2 aliphatic heterocycles. The topological polar surface area (TPSA) is 79.2 Å². The lowest BCUT2D eigenvalue weighted by Gasteiger charge is -2.21. The second-order valence-electron chi connectivity index (χ2n) is 7.59. The third kappa shape index (κ3) is 4.33. The minimum Gasteiger partial charge on any atom is -0.431 e. The molecule has 9 heteroatoms. The maximum absolute atomic E-state index is 13.2. The van der Waals surface area contributed by atoms with Crippen molar-refractivity contribution in [2.45, 2.75) is 6.54 Å². The van der Waals surface area contributed by atoms with Gasteiger partial charge in [-0.3, -0.25) is 9.69 Å². The molecule has 166 valence electrons. The summed E-state index contributed by atoms with van der Waals surface area (Å²) < 4.78 is 20.5. The summed E-state index contributed by atoms with van der Waals surface area (Å²) in [5, 5.41) is 2.85. The number of urea groups is 1. The van der Waals surface area contributed by atoms with Crippen LogP contribution in [0.15, 0.2) is 90.0 Å². The second-order valence-corrected chi connectivity index (χ2v) is 7.59. The van der Waals surface area contributed by atoms with E-state index in [9.17, 15) is 14.0 Å². The number of hydrogen-bond donors (Lipinski definition) is 1. The molecule has 0 radical (unpaired) electrons. The van der Waals surface area contributed by atoms with Crippen LogP contribution >= 0.6 is 0 Å². The monoisotopic (exact) mass is 445 g/mol. The first-order chi connectivity index (χ1) is 16.1. The molecule has 0 fully saturated rings. The van der Waals surface area contributed by atoms with Crippen LogP contribution < -0.4 is 5.32 Å². The number of hydrogen-bond acceptors (Lipinski definition) is 4. The Balaban J connectivity index is 1.24. The third-order valence-corrected chi connectivity index (χ3v) is 5.40. The average Bonchev–Trinajstić information content (AvgIpc) is 3.46. The highest BCUT2D eigenvalue weighted by Gasteiger charge is 2.33. The molecule has 3 heterocycles. The first-order valence-corrected chi connectivity index (χ1v) is 10.4. The number of amides is 3. The molecule has 0 spiro atoms. The molecule has 3 aromatic rings. The lowest BCUT2D eigenvalue weighted by molar-refractivity contribution is -0.113. The number of nitrogens with one attached hydrogen (secondary N) is 1. The van der Waals surface area contributed by atoms with Gasteiger partial charge in [-0.25, -0.2) is 9.18 Å². The van der Waals surface area contributed by atoms with Gasteiger partial charge in [0.2, 0.25) is 0 Å². The van der Waals surface area contributed by atoms with Gasteiger partial charge in [0, 0.05) is 43.4 Å². The summed E-state index contributed by atoms with van der Waals surface area (Å²) in [5.74, 6) is -0.705. The Hall–Kier alpha value is -4.40. The van der Waals surface area contributed by atoms with Gasteiger partial charge in [0.05, 0.1) is 0 Å². The van der Waals surface area contributed by atoms with Crippen molar-refractivity contribution in [2.24, 2.45) is 4.99 Å². The molecule has 0 atom stereocenters. The van der Waals surface area contributed by atoms with Gasteiger partial charge in [-0.05, 0) is 54.1 Å². The molecule has 0 saturated carbocycles. The van der Waals surface area contributed by atoms with Crippen LogP contribution in [0.25, 0.3) is 5.69 Å². The number of anilines is 1. The van der Waals surface area contributed by atoms with E-state index in [0.29, 0.717) is 18.8 Å². The van der Waals surface area contributed by atoms with Crippen molar-refractivity contribution in [3.63, 3.8) is 0 Å². The Morgan fingerprint density at radius 2 is 1.76 bits per heavy atom. The highest BCUT2D eigenvalue weighted by atomic mass is 19.1. The van der Waals surface area contributed by atoms with E-state index < -0.39 is 6.03 Å². The molecule has 8 nitrogen and oxygen atoms in total. The van der Waals surface area contributed by atoms with Crippen LogP contribution in [0, 0.1) is 5.82 Å². The lowest BCUT2D eigenvalue weighted by atomic mass is 10.2. The molecule has 2 aliphatic rings. The quantitative estimate of drug-likeness (QED) is 0.649. The number of fused-ring (bicyclic) bond motifs is 1. The summed E-state index contributed by atoms with van der Waals surface area (Å²) in [5.41, 5.74) is 2.65. The zero-order valence-electron chi connectivity index (χ0n) is 17.5. The summed E-state index contributed by atoms with van der Waals surface area (Å²) in [7, 11) is 0.